The number of aliphatic carboxylic acids is 1. The summed E-state index contributed by atoms with van der Waals surface area (Å²) in [4.78, 5) is 22.7. The minimum atomic E-state index is -1.18. The Morgan fingerprint density at radius 2 is 1.82 bits per heavy atom. The number of benzene rings is 1. The van der Waals surface area contributed by atoms with Crippen LogP contribution in [0.25, 0.3) is 0 Å². The Labute approximate surface area is 182 Å². The fraction of sp³-hybridized carbons (Fsp3) is 0.444. The van der Waals surface area contributed by atoms with Crippen LogP contribution in [0.15, 0.2) is 30.3 Å². The number of alkyl carbamates (subject to hydrolysis) is 1. The van der Waals surface area contributed by atoms with Crippen molar-refractivity contribution in [3.05, 3.63) is 47.8 Å². The number of amides is 1. The summed E-state index contributed by atoms with van der Waals surface area (Å²) in [5.41, 5.74) is 0.832. The Hall–Kier alpha value is -1.73. The van der Waals surface area contributed by atoms with Crippen molar-refractivity contribution in [2.75, 3.05) is 18.5 Å². The smallest absolute Gasteiger partial charge is 0.479 e. The topological polar surface area (TPSA) is 117 Å². The number of hydrogen-bond donors (Lipinski definition) is 3. The number of carboxylic acid groups (broad SMARTS) is 1. The maximum absolute atomic E-state index is 11.6. The van der Waals surface area contributed by atoms with Crippen molar-refractivity contribution >= 4 is 20.0 Å². The molecular formula is C18H26AuN4O4P. The number of carbonyl (C=O) groups is 2. The van der Waals surface area contributed by atoms with Crippen LogP contribution in [0, 0.1) is 6.20 Å². The first-order valence-electron chi connectivity index (χ1n) is 8.72. The summed E-state index contributed by atoms with van der Waals surface area (Å²) in [6.07, 6.45) is 5.86. The fourth-order valence-corrected chi connectivity index (χ4v) is 3.50. The first-order chi connectivity index (χ1) is 13.0. The molecule has 0 radical (unpaired) electrons. The van der Waals surface area contributed by atoms with Crippen LogP contribution >= 0.6 is 7.92 Å². The largest absolute Gasteiger partial charge is 1.00 e. The molecule has 1 atom stereocenters. The maximum Gasteiger partial charge on any atom is 1.00 e. The molecule has 158 valence electrons. The molecule has 0 unspecified atom stereocenters. The Morgan fingerprint density at radius 1 is 1.21 bits per heavy atom. The third kappa shape index (κ3) is 9.99. The van der Waals surface area contributed by atoms with Crippen LogP contribution in [0.3, 0.4) is 0 Å². The molecule has 0 saturated carbocycles. The molecule has 2 rings (SSSR count). The monoisotopic (exact) mass is 590 g/mol. The van der Waals surface area contributed by atoms with Gasteiger partial charge < -0.3 is 26.5 Å². The second kappa shape index (κ2) is 15.2. The Kier molecular flexibility index (Phi) is 14.3. The molecule has 0 aliphatic heterocycles. The molecule has 28 heavy (non-hydrogen) atoms. The number of carboxylic acids is 1. The standard InChI is InChI=1S/C12H11N4O4.C6H15P.Au/c17-11(18)10(8-4-2-1-3-5-8)14-12(19)20-7-9-6-13-16-15-9;1-4-7(5-2)6-3;/h1-5,10H,7H2,(H,14,19)(H,17,18)(H,13,15,16);4-6H2,1-3H3;/q-1;;+1/t10-;;/m1../s1. The molecule has 0 bridgehead atoms. The summed E-state index contributed by atoms with van der Waals surface area (Å²) in [6, 6.07) is 7.15. The van der Waals surface area contributed by atoms with Gasteiger partial charge in [0.05, 0.1) is 0 Å². The number of aromatic nitrogens is 3. The number of H-pyrrole nitrogens is 1. The van der Waals surface area contributed by atoms with E-state index in [9.17, 15) is 9.59 Å². The quantitative estimate of drug-likeness (QED) is 0.247. The number of rotatable bonds is 8. The van der Waals surface area contributed by atoms with E-state index in [1.165, 1.54) is 18.5 Å². The number of nitrogens with one attached hydrogen (secondary N) is 2. The average Bonchev–Trinajstić information content (AvgIpc) is 3.20. The predicted molar refractivity (Wildman–Crippen MR) is 104 cm³/mol. The predicted octanol–water partition coefficient (Wildman–Crippen LogP) is 3.18. The van der Waals surface area contributed by atoms with E-state index in [0.29, 0.717) is 19.2 Å². The molecule has 0 fully saturated rings. The number of carbonyl (C=O) groups excluding carboxylic acids is 1. The van der Waals surface area contributed by atoms with E-state index in [1.54, 1.807) is 30.3 Å². The van der Waals surface area contributed by atoms with Gasteiger partial charge in [-0.25, -0.2) is 9.59 Å². The van der Waals surface area contributed by atoms with Crippen LogP contribution in [0.4, 0.5) is 4.79 Å². The Bertz CT molecular complexity index is 664. The normalized spacial score (nSPS) is 10.9. The van der Waals surface area contributed by atoms with E-state index >= 15 is 0 Å². The van der Waals surface area contributed by atoms with Crippen LogP contribution in [0.5, 0.6) is 0 Å². The van der Waals surface area contributed by atoms with Gasteiger partial charge in [-0.05, 0) is 24.0 Å². The minimum absolute atomic E-state index is 0. The van der Waals surface area contributed by atoms with Crippen LogP contribution < -0.4 is 5.32 Å². The van der Waals surface area contributed by atoms with Gasteiger partial charge in [-0.3, -0.25) is 5.10 Å². The fourth-order valence-electron chi connectivity index (χ4n) is 2.16. The molecule has 0 saturated heterocycles. The van der Waals surface area contributed by atoms with E-state index in [-0.39, 0.29) is 29.0 Å². The number of aromatic amines is 1. The second-order valence-corrected chi connectivity index (χ2v) is 8.66. The third-order valence-electron chi connectivity index (χ3n) is 3.75. The number of hydrogen-bond acceptors (Lipinski definition) is 5. The van der Waals surface area contributed by atoms with Crippen LogP contribution in [0.1, 0.15) is 38.1 Å². The first kappa shape index (κ1) is 26.3. The molecule has 3 N–H and O–H groups in total. The van der Waals surface area contributed by atoms with Gasteiger partial charge in [0, 0.05) is 0 Å². The molecule has 8 nitrogen and oxygen atoms in total. The van der Waals surface area contributed by atoms with Crippen molar-refractivity contribution in [1.29, 1.82) is 0 Å². The molecule has 2 aromatic rings. The molecule has 0 aliphatic rings. The number of nitrogens with zero attached hydrogens (tertiary/aromatic N) is 2. The Balaban J connectivity index is 0.000000786. The molecular weight excluding hydrogens is 564 g/mol. The zero-order valence-corrected chi connectivity index (χ0v) is 19.2. The van der Waals surface area contributed by atoms with Gasteiger partial charge in [0.1, 0.15) is 6.61 Å². The summed E-state index contributed by atoms with van der Waals surface area (Å²) in [6.45, 7) is 6.75. The summed E-state index contributed by atoms with van der Waals surface area (Å²) >= 11 is 0. The van der Waals surface area contributed by atoms with Gasteiger partial charge in [0.15, 0.2) is 6.04 Å². The SMILES string of the molecule is CCP(CC)CC.O=C(N[C@@H](C(=O)O)c1ccccc1)OCc1[c-]nn[nH]1.[Au+]. The molecule has 0 aliphatic carbocycles. The zero-order valence-electron chi connectivity index (χ0n) is 16.1. The summed E-state index contributed by atoms with van der Waals surface area (Å²) in [7, 11) is 0.446. The molecule has 1 amide bonds. The molecule has 10 heteroatoms. The van der Waals surface area contributed by atoms with E-state index in [0.717, 1.165) is 0 Å². The van der Waals surface area contributed by atoms with Gasteiger partial charge in [0.25, 0.3) is 0 Å². The molecule has 0 spiro atoms. The molecule has 1 heterocycles. The summed E-state index contributed by atoms with van der Waals surface area (Å²) < 4.78 is 4.83. The van der Waals surface area contributed by atoms with E-state index < -0.39 is 18.1 Å². The first-order valence-corrected chi connectivity index (χ1v) is 10.6. The van der Waals surface area contributed by atoms with Crippen LogP contribution in [-0.4, -0.2) is 51.1 Å². The van der Waals surface area contributed by atoms with Crippen molar-refractivity contribution < 1.29 is 41.8 Å². The van der Waals surface area contributed by atoms with Crippen molar-refractivity contribution in [1.82, 2.24) is 20.7 Å². The second-order valence-electron chi connectivity index (χ2n) is 5.42. The third-order valence-corrected chi connectivity index (χ3v) is 6.43. The number of ether oxygens (including phenoxy) is 1. The zero-order chi connectivity index (χ0) is 20.1. The van der Waals surface area contributed by atoms with Gasteiger partial charge in [-0.1, -0.05) is 56.8 Å². The van der Waals surface area contributed by atoms with Crippen molar-refractivity contribution in [3.63, 3.8) is 0 Å². The average molecular weight is 590 g/mol. The van der Waals surface area contributed by atoms with Crippen LogP contribution in [-0.2, 0) is 38.5 Å². The van der Waals surface area contributed by atoms with E-state index in [2.05, 4.69) is 47.7 Å². The van der Waals surface area contributed by atoms with Crippen molar-refractivity contribution in [2.45, 2.75) is 33.4 Å². The maximum atomic E-state index is 11.6. The summed E-state index contributed by atoms with van der Waals surface area (Å²) in [5, 5.41) is 20.7. The van der Waals surface area contributed by atoms with Crippen molar-refractivity contribution in [2.24, 2.45) is 0 Å². The van der Waals surface area contributed by atoms with Gasteiger partial charge in [-0.2, -0.15) is 0 Å². The molecule has 1 aromatic carbocycles. The van der Waals surface area contributed by atoms with Crippen molar-refractivity contribution in [3.8, 4) is 0 Å². The molecule has 1 aromatic heterocycles. The van der Waals surface area contributed by atoms with Gasteiger partial charge >= 0.3 is 34.4 Å². The van der Waals surface area contributed by atoms with Crippen LogP contribution in [0.2, 0.25) is 0 Å². The minimum Gasteiger partial charge on any atom is -0.479 e. The van der Waals surface area contributed by atoms with Gasteiger partial charge in [-0.15, -0.1) is 13.1 Å². The summed E-state index contributed by atoms with van der Waals surface area (Å²) in [5.74, 6) is -1.18. The Morgan fingerprint density at radius 3 is 2.25 bits per heavy atom. The van der Waals surface area contributed by atoms with Gasteiger partial charge in [0.2, 0.25) is 0 Å². The van der Waals surface area contributed by atoms with E-state index in [1.807, 2.05) is 0 Å². The van der Waals surface area contributed by atoms with E-state index in [4.69, 9.17) is 9.84 Å².